The summed E-state index contributed by atoms with van der Waals surface area (Å²) in [6.45, 7) is 8.34. The lowest BCUT2D eigenvalue weighted by atomic mass is 9.77. The highest BCUT2D eigenvalue weighted by Crippen LogP contribution is 2.59. The summed E-state index contributed by atoms with van der Waals surface area (Å²) in [6, 6.07) is 3.42. The number of benzene rings is 1. The van der Waals surface area contributed by atoms with E-state index in [-0.39, 0.29) is 52.9 Å². The minimum Gasteiger partial charge on any atom is -0.497 e. The zero-order valence-corrected chi connectivity index (χ0v) is 32.1. The highest BCUT2D eigenvalue weighted by molar-refractivity contribution is 5.92. The average Bonchev–Trinajstić information content (AvgIpc) is 3.64. The van der Waals surface area contributed by atoms with E-state index in [0.29, 0.717) is 42.5 Å². The number of carbonyl (C=O) groups is 3. The Morgan fingerprint density at radius 1 is 1.15 bits per heavy atom. The smallest absolute Gasteiger partial charge is 0.408 e. The van der Waals surface area contributed by atoms with E-state index in [9.17, 15) is 19.2 Å². The van der Waals surface area contributed by atoms with E-state index in [1.165, 1.54) is 7.11 Å². The number of H-pyrrole nitrogens is 1. The van der Waals surface area contributed by atoms with E-state index in [1.807, 2.05) is 13.8 Å². The van der Waals surface area contributed by atoms with Crippen LogP contribution in [-0.2, 0) is 20.2 Å². The standard InChI is InChI=1S/C41H58F2N4O6/c1-6-26-15-19-47(35(26)25(3)48)38(50)32(23-40(4)16-9-7-8-10-17-40)46-39(51)53-33-21-27-20-29(27)34(33)24(2)12-11-18-41(42,43)36-37(49)45-31-22-28(52-5)13-14-30(31)44-36/h13-14,22,24,26-27,29,32-35H,6-12,15-21,23H2,1-5H3,(H,45,49)(H,46,51)/t24-,26+,27?,29?,32?,33?,34+,35+/m0/s1. The first kappa shape index (κ1) is 39.1. The monoisotopic (exact) mass is 740 g/mol. The predicted octanol–water partition coefficient (Wildman–Crippen LogP) is 7.92. The normalized spacial score (nSPS) is 27.8. The number of nitrogens with zero attached hydrogens (tertiary/aromatic N) is 2. The number of hydrogen-bond donors (Lipinski definition) is 2. The Labute approximate surface area is 311 Å². The molecule has 1 aromatic carbocycles. The minimum absolute atomic E-state index is 0.00522. The van der Waals surface area contributed by atoms with Gasteiger partial charge >= 0.3 is 6.09 Å². The van der Waals surface area contributed by atoms with E-state index in [0.717, 1.165) is 64.2 Å². The topological polar surface area (TPSA) is 131 Å². The number of carbonyl (C=O) groups excluding carboxylic acids is 3. The summed E-state index contributed by atoms with van der Waals surface area (Å²) in [7, 11) is 1.48. The molecule has 2 aromatic rings. The molecule has 292 valence electrons. The van der Waals surface area contributed by atoms with Gasteiger partial charge in [-0.1, -0.05) is 59.3 Å². The first-order chi connectivity index (χ1) is 25.2. The second-order valence-electron chi connectivity index (χ2n) is 17.0. The zero-order chi connectivity index (χ0) is 38.1. The molecule has 4 unspecified atom stereocenters. The molecule has 2 N–H and O–H groups in total. The van der Waals surface area contributed by atoms with E-state index in [2.05, 4.69) is 22.2 Å². The van der Waals surface area contributed by atoms with Gasteiger partial charge in [0.25, 0.3) is 11.5 Å². The average molecular weight is 741 g/mol. The first-order valence-corrected chi connectivity index (χ1v) is 20.0. The molecule has 8 atom stereocenters. The van der Waals surface area contributed by atoms with Gasteiger partial charge in [0.1, 0.15) is 17.9 Å². The van der Waals surface area contributed by atoms with Gasteiger partial charge in [-0.3, -0.25) is 14.4 Å². The number of halogens is 2. The largest absolute Gasteiger partial charge is 0.497 e. The van der Waals surface area contributed by atoms with Crippen LogP contribution in [0.15, 0.2) is 23.0 Å². The highest BCUT2D eigenvalue weighted by Gasteiger charge is 2.56. The van der Waals surface area contributed by atoms with Crippen LogP contribution in [0.5, 0.6) is 5.75 Å². The van der Waals surface area contributed by atoms with Gasteiger partial charge in [0.05, 0.1) is 24.2 Å². The molecule has 53 heavy (non-hydrogen) atoms. The molecular formula is C41H58F2N4O6. The van der Waals surface area contributed by atoms with Crippen molar-refractivity contribution in [3.63, 3.8) is 0 Å². The van der Waals surface area contributed by atoms with Gasteiger partial charge in [0.2, 0.25) is 5.91 Å². The fraction of sp³-hybridized carbons (Fsp3) is 0.732. The second kappa shape index (κ2) is 16.0. The molecule has 1 saturated heterocycles. The van der Waals surface area contributed by atoms with Crippen LogP contribution in [0.1, 0.15) is 123 Å². The quantitative estimate of drug-likeness (QED) is 0.188. The van der Waals surface area contributed by atoms with Crippen molar-refractivity contribution in [2.45, 2.75) is 142 Å². The van der Waals surface area contributed by atoms with Gasteiger partial charge in [0.15, 0.2) is 11.5 Å². The molecule has 0 radical (unpaired) electrons. The van der Waals surface area contributed by atoms with E-state index in [1.54, 1.807) is 30.0 Å². The summed E-state index contributed by atoms with van der Waals surface area (Å²) in [5, 5.41) is 2.99. The van der Waals surface area contributed by atoms with Crippen LogP contribution >= 0.6 is 0 Å². The molecular weight excluding hydrogens is 682 g/mol. The number of aromatic nitrogens is 2. The lowest BCUT2D eigenvalue weighted by molar-refractivity contribution is -0.140. The van der Waals surface area contributed by atoms with Crippen LogP contribution in [-0.4, -0.2) is 64.5 Å². The van der Waals surface area contributed by atoms with Crippen molar-refractivity contribution in [3.05, 3.63) is 34.2 Å². The summed E-state index contributed by atoms with van der Waals surface area (Å²) in [5.74, 6) is -2.21. The molecule has 4 fully saturated rings. The van der Waals surface area contributed by atoms with Crippen LogP contribution in [0.3, 0.4) is 0 Å². The summed E-state index contributed by atoms with van der Waals surface area (Å²) in [5.41, 5.74) is -1.24. The van der Waals surface area contributed by atoms with Crippen LogP contribution < -0.4 is 15.6 Å². The van der Waals surface area contributed by atoms with Gasteiger partial charge in [-0.2, -0.15) is 8.78 Å². The Balaban J connectivity index is 1.10. The van der Waals surface area contributed by atoms with Crippen molar-refractivity contribution in [1.82, 2.24) is 20.2 Å². The van der Waals surface area contributed by atoms with Crippen LogP contribution in [0.4, 0.5) is 13.6 Å². The van der Waals surface area contributed by atoms with E-state index >= 15 is 8.78 Å². The van der Waals surface area contributed by atoms with Gasteiger partial charge in [0, 0.05) is 24.9 Å². The van der Waals surface area contributed by atoms with E-state index < -0.39 is 41.8 Å². The van der Waals surface area contributed by atoms with Crippen molar-refractivity contribution >= 4 is 28.8 Å². The number of likely N-dealkylation sites (tertiary alicyclic amines) is 1. The number of amides is 2. The summed E-state index contributed by atoms with van der Waals surface area (Å²) < 4.78 is 42.2. The number of aromatic amines is 1. The number of alkyl carbamates (subject to hydrolysis) is 1. The summed E-state index contributed by atoms with van der Waals surface area (Å²) in [4.78, 5) is 61.6. The highest BCUT2D eigenvalue weighted by atomic mass is 19.3. The maximum Gasteiger partial charge on any atom is 0.408 e. The lowest BCUT2D eigenvalue weighted by Gasteiger charge is -2.36. The molecule has 0 bridgehead atoms. The molecule has 3 aliphatic carbocycles. The van der Waals surface area contributed by atoms with Crippen molar-refractivity contribution in [3.8, 4) is 5.75 Å². The van der Waals surface area contributed by atoms with Gasteiger partial charge < -0.3 is 24.7 Å². The third-order valence-electron chi connectivity index (χ3n) is 13.1. The molecule has 4 aliphatic rings. The first-order valence-electron chi connectivity index (χ1n) is 20.0. The maximum absolute atomic E-state index is 15.4. The van der Waals surface area contributed by atoms with Crippen molar-refractivity contribution in [2.24, 2.45) is 35.0 Å². The minimum atomic E-state index is -3.42. The molecule has 12 heteroatoms. The molecule has 3 saturated carbocycles. The van der Waals surface area contributed by atoms with Crippen LogP contribution in [0, 0.1) is 35.0 Å². The van der Waals surface area contributed by atoms with Crippen molar-refractivity contribution < 1.29 is 32.6 Å². The number of Topliss-reactive ketones (excluding diaryl/α,β-unsaturated/α-hetero) is 1. The van der Waals surface area contributed by atoms with E-state index in [4.69, 9.17) is 9.47 Å². The third-order valence-corrected chi connectivity index (χ3v) is 13.1. The predicted molar refractivity (Wildman–Crippen MR) is 198 cm³/mol. The Morgan fingerprint density at radius 2 is 1.89 bits per heavy atom. The van der Waals surface area contributed by atoms with Crippen molar-refractivity contribution in [2.75, 3.05) is 13.7 Å². The molecule has 1 aromatic heterocycles. The Bertz CT molecular complexity index is 1710. The summed E-state index contributed by atoms with van der Waals surface area (Å²) in [6.07, 6.45) is 9.40. The number of hydrogen-bond acceptors (Lipinski definition) is 7. The second-order valence-corrected chi connectivity index (χ2v) is 17.0. The third kappa shape index (κ3) is 8.72. The lowest BCUT2D eigenvalue weighted by Crippen LogP contribution is -2.54. The fourth-order valence-corrected chi connectivity index (χ4v) is 10.1. The van der Waals surface area contributed by atoms with Crippen LogP contribution in [0.2, 0.25) is 0 Å². The number of fused-ring (bicyclic) bond motifs is 2. The molecule has 1 aliphatic heterocycles. The van der Waals surface area contributed by atoms with Gasteiger partial charge in [-0.15, -0.1) is 0 Å². The summed E-state index contributed by atoms with van der Waals surface area (Å²) >= 11 is 0. The number of ketones is 1. The molecule has 10 nitrogen and oxygen atoms in total. The Morgan fingerprint density at radius 3 is 2.57 bits per heavy atom. The Kier molecular flexibility index (Phi) is 11.8. The van der Waals surface area contributed by atoms with Crippen molar-refractivity contribution in [1.29, 1.82) is 0 Å². The Hall–Kier alpha value is -3.57. The molecule has 2 heterocycles. The SMILES string of the molecule is CC[C@@H]1CCN(C(=O)C(CC2(C)CCCCCC2)NC(=O)OC2CC3CC3[C@H]2[C@@H](C)CCCC(F)(F)c2nc3ccc(OC)cc3[nH]c2=O)[C@@H]1C(C)=O. The number of nitrogens with one attached hydrogen (secondary N) is 2. The number of methoxy groups -OCH3 is 1. The molecule has 6 rings (SSSR count). The molecule has 2 amide bonds. The van der Waals surface area contributed by atoms with Crippen LogP contribution in [0.25, 0.3) is 11.0 Å². The number of ether oxygens (including phenoxy) is 2. The zero-order valence-electron chi connectivity index (χ0n) is 32.1. The fourth-order valence-electron chi connectivity index (χ4n) is 10.1. The van der Waals surface area contributed by atoms with Gasteiger partial charge in [-0.25, -0.2) is 9.78 Å². The molecule has 0 spiro atoms. The maximum atomic E-state index is 15.4. The van der Waals surface area contributed by atoms with Gasteiger partial charge in [-0.05, 0) is 93.1 Å². The number of rotatable bonds is 14. The number of alkyl halides is 2.